The number of carbonyl (C=O) groups is 1. The van der Waals surface area contributed by atoms with Gasteiger partial charge in [-0.2, -0.15) is 0 Å². The fourth-order valence-electron chi connectivity index (χ4n) is 7.64. The highest BCUT2D eigenvalue weighted by atomic mass is 32.2. The van der Waals surface area contributed by atoms with E-state index < -0.39 is 0 Å². The first-order valence-electron chi connectivity index (χ1n) is 14.8. The Morgan fingerprint density at radius 2 is 2.08 bits per heavy atom. The summed E-state index contributed by atoms with van der Waals surface area (Å²) in [6.07, 6.45) is 8.62. The number of fused-ring (bicyclic) bond motifs is 6. The van der Waals surface area contributed by atoms with Gasteiger partial charge in [0.05, 0.1) is 25.2 Å². The van der Waals surface area contributed by atoms with Crippen molar-refractivity contribution in [3.8, 4) is 0 Å². The van der Waals surface area contributed by atoms with Gasteiger partial charge in [-0.25, -0.2) is 0 Å². The third-order valence-electron chi connectivity index (χ3n) is 9.62. The van der Waals surface area contributed by atoms with Crippen LogP contribution in [0.25, 0.3) is 10.9 Å². The number of rotatable bonds is 7. The van der Waals surface area contributed by atoms with E-state index in [9.17, 15) is 4.79 Å². The Hall–Kier alpha value is -1.54. The molecule has 6 nitrogen and oxygen atoms in total. The number of aromatic nitrogens is 1. The molecule has 6 atom stereocenters. The molecule has 1 N–H and O–H groups in total. The van der Waals surface area contributed by atoms with Crippen LogP contribution in [0.2, 0.25) is 0 Å². The summed E-state index contributed by atoms with van der Waals surface area (Å²) >= 11 is 1.94. The molecule has 2 aromatic rings. The number of H-pyrrole nitrogens is 1. The van der Waals surface area contributed by atoms with Crippen LogP contribution in [0.4, 0.5) is 0 Å². The van der Waals surface area contributed by atoms with Gasteiger partial charge in [0.25, 0.3) is 0 Å². The second kappa shape index (κ2) is 11.1. The molecular weight excluding hydrogens is 496 g/mol. The summed E-state index contributed by atoms with van der Waals surface area (Å²) in [7, 11) is 1.54. The van der Waals surface area contributed by atoms with Crippen LogP contribution in [0, 0.1) is 17.8 Å². The highest BCUT2D eigenvalue weighted by Gasteiger charge is 2.50. The van der Waals surface area contributed by atoms with Gasteiger partial charge in [0.1, 0.15) is 5.44 Å². The number of para-hydroxylation sites is 1. The molecule has 1 aromatic carbocycles. The highest BCUT2D eigenvalue weighted by Crippen LogP contribution is 2.50. The first kappa shape index (κ1) is 26.7. The summed E-state index contributed by atoms with van der Waals surface area (Å²) < 4.78 is 18.0. The molecule has 208 valence electrons. The average Bonchev–Trinajstić information content (AvgIpc) is 3.31. The number of benzene rings is 1. The molecule has 3 aliphatic heterocycles. The number of nitrogens with zero attached hydrogens (tertiary/aromatic N) is 1. The van der Waals surface area contributed by atoms with Gasteiger partial charge in [-0.15, -0.1) is 11.8 Å². The summed E-state index contributed by atoms with van der Waals surface area (Å²) in [5.41, 5.74) is 4.37. The number of hydrogen-bond acceptors (Lipinski definition) is 6. The number of ether oxygens (including phenoxy) is 3. The predicted molar refractivity (Wildman–Crippen MR) is 152 cm³/mol. The van der Waals surface area contributed by atoms with Crippen LogP contribution in [0.1, 0.15) is 76.1 Å². The Kier molecular flexibility index (Phi) is 7.82. The monoisotopic (exact) mass is 540 g/mol. The van der Waals surface area contributed by atoms with Gasteiger partial charge in [0, 0.05) is 47.6 Å². The van der Waals surface area contributed by atoms with Crippen LogP contribution in [0.3, 0.4) is 0 Å². The molecule has 4 aliphatic rings. The third kappa shape index (κ3) is 5.28. The van der Waals surface area contributed by atoms with Gasteiger partial charge in [-0.05, 0) is 74.8 Å². The van der Waals surface area contributed by atoms with E-state index in [0.717, 1.165) is 58.2 Å². The topological polar surface area (TPSA) is 63.8 Å². The number of methoxy groups -OCH3 is 1. The number of carbonyl (C=O) groups excluding carboxylic acids is 1. The minimum Gasteiger partial charge on any atom is -0.469 e. The maximum atomic E-state index is 13.3. The van der Waals surface area contributed by atoms with E-state index in [1.807, 2.05) is 11.8 Å². The van der Waals surface area contributed by atoms with Crippen LogP contribution in [0.15, 0.2) is 24.3 Å². The summed E-state index contributed by atoms with van der Waals surface area (Å²) in [5.74, 6) is 0.539. The number of nitrogens with one attached hydrogen (secondary N) is 1. The summed E-state index contributed by atoms with van der Waals surface area (Å²) in [6, 6.07) is 9.01. The lowest BCUT2D eigenvalue weighted by atomic mass is 9.64. The molecule has 0 spiro atoms. The second-order valence-electron chi connectivity index (χ2n) is 12.4. The van der Waals surface area contributed by atoms with Crippen molar-refractivity contribution in [2.45, 2.75) is 87.5 Å². The molecule has 38 heavy (non-hydrogen) atoms. The first-order chi connectivity index (χ1) is 18.4. The van der Waals surface area contributed by atoms with E-state index in [-0.39, 0.29) is 28.7 Å². The lowest BCUT2D eigenvalue weighted by Gasteiger charge is -2.51. The molecule has 1 saturated carbocycles. The molecule has 3 fully saturated rings. The van der Waals surface area contributed by atoms with Crippen molar-refractivity contribution in [1.29, 1.82) is 0 Å². The van der Waals surface area contributed by atoms with Crippen molar-refractivity contribution in [3.63, 3.8) is 0 Å². The van der Waals surface area contributed by atoms with Crippen molar-refractivity contribution in [2.75, 3.05) is 33.4 Å². The van der Waals surface area contributed by atoms with Crippen molar-refractivity contribution in [3.05, 3.63) is 35.5 Å². The molecule has 2 saturated heterocycles. The van der Waals surface area contributed by atoms with Gasteiger partial charge >= 0.3 is 5.97 Å². The fourth-order valence-corrected chi connectivity index (χ4v) is 9.01. The molecule has 4 heterocycles. The van der Waals surface area contributed by atoms with Crippen LogP contribution in [-0.4, -0.2) is 65.6 Å². The Morgan fingerprint density at radius 1 is 1.21 bits per heavy atom. The van der Waals surface area contributed by atoms with Gasteiger partial charge in [-0.1, -0.05) is 32.0 Å². The Labute approximate surface area is 231 Å². The Bertz CT molecular complexity index is 1130. The molecule has 0 amide bonds. The minimum absolute atomic E-state index is 0.0623. The van der Waals surface area contributed by atoms with Crippen molar-refractivity contribution >= 4 is 28.6 Å². The van der Waals surface area contributed by atoms with E-state index in [1.54, 1.807) is 7.11 Å². The maximum absolute atomic E-state index is 13.3. The van der Waals surface area contributed by atoms with Gasteiger partial charge in [0.2, 0.25) is 0 Å². The van der Waals surface area contributed by atoms with Crippen LogP contribution in [-0.2, 0) is 25.4 Å². The summed E-state index contributed by atoms with van der Waals surface area (Å²) in [5, 5.41) is 1.36. The quantitative estimate of drug-likeness (QED) is 0.428. The first-order valence-corrected chi connectivity index (χ1v) is 15.6. The molecule has 6 rings (SSSR count). The average molecular weight is 541 g/mol. The molecule has 1 aliphatic carbocycles. The predicted octanol–water partition coefficient (Wildman–Crippen LogP) is 6.10. The third-order valence-corrected chi connectivity index (χ3v) is 11.1. The molecular formula is C31H44N2O4S. The van der Waals surface area contributed by atoms with Crippen LogP contribution in [0.5, 0.6) is 0 Å². The Morgan fingerprint density at radius 3 is 2.89 bits per heavy atom. The highest BCUT2D eigenvalue weighted by molar-refractivity contribution is 8.01. The van der Waals surface area contributed by atoms with Gasteiger partial charge in [0.15, 0.2) is 0 Å². The smallest absolute Gasteiger partial charge is 0.311 e. The van der Waals surface area contributed by atoms with Crippen molar-refractivity contribution in [1.82, 2.24) is 9.88 Å². The fraction of sp³-hybridized carbons (Fsp3) is 0.710. The molecule has 0 bridgehead atoms. The number of esters is 1. The maximum Gasteiger partial charge on any atom is 0.311 e. The van der Waals surface area contributed by atoms with E-state index in [4.69, 9.17) is 14.2 Å². The van der Waals surface area contributed by atoms with Crippen LogP contribution < -0.4 is 0 Å². The second-order valence-corrected chi connectivity index (χ2v) is 14.3. The summed E-state index contributed by atoms with van der Waals surface area (Å²) in [6.45, 7) is 8.31. The molecule has 0 radical (unpaired) electrons. The standard InChI is InChI=1S/C31H44N2O4S/c1-31(2,38-27-10-6-7-16-37-27)14-17-36-26-12-11-20-19-33-15-13-22-21-8-4-5-9-24(21)32-29(22)25(33)18-23(20)28(26)30(34)35-3/h4-5,8-9,20,23,25-28,32H,6-7,10-19H2,1-3H3/t20-,23-,25-,26?,27?,28+/m0/s1. The van der Waals surface area contributed by atoms with Gasteiger partial charge in [-0.3, -0.25) is 9.69 Å². The zero-order valence-electron chi connectivity index (χ0n) is 23.2. The number of aromatic amines is 1. The zero-order valence-corrected chi connectivity index (χ0v) is 24.1. The lowest BCUT2D eigenvalue weighted by molar-refractivity contribution is -0.164. The molecule has 2 unspecified atom stereocenters. The Balaban J connectivity index is 1.15. The van der Waals surface area contributed by atoms with E-state index >= 15 is 0 Å². The summed E-state index contributed by atoms with van der Waals surface area (Å²) in [4.78, 5) is 19.7. The number of hydrogen-bond donors (Lipinski definition) is 1. The zero-order chi connectivity index (χ0) is 26.3. The van der Waals surface area contributed by atoms with E-state index in [0.29, 0.717) is 24.0 Å². The lowest BCUT2D eigenvalue weighted by Crippen LogP contribution is -2.53. The van der Waals surface area contributed by atoms with Gasteiger partial charge < -0.3 is 19.2 Å². The van der Waals surface area contributed by atoms with E-state index in [2.05, 4.69) is 48.0 Å². The largest absolute Gasteiger partial charge is 0.469 e. The molecule has 7 heteroatoms. The van der Waals surface area contributed by atoms with Crippen molar-refractivity contribution < 1.29 is 19.0 Å². The number of thioether (sulfide) groups is 1. The minimum atomic E-state index is -0.187. The van der Waals surface area contributed by atoms with Crippen LogP contribution >= 0.6 is 11.8 Å². The number of piperidine rings is 1. The van der Waals surface area contributed by atoms with Crippen molar-refractivity contribution in [2.24, 2.45) is 17.8 Å². The van der Waals surface area contributed by atoms with E-state index in [1.165, 1.54) is 35.0 Å². The SMILES string of the molecule is COC(=O)[C@H]1C(OCCC(C)(C)SC2CCCCO2)CC[C@H]2CN3CCc4c([nH]c5ccccc45)[C@@H]3C[C@@H]21. The normalized spacial score (nSPS) is 31.9. The molecule has 1 aromatic heterocycles.